The summed E-state index contributed by atoms with van der Waals surface area (Å²) in [6.45, 7) is 5.46. The SMILES string of the molecule is CCC1CCC(C)N(C(=O)C2CC2)C1. The number of hydrogen-bond acceptors (Lipinski definition) is 1. The number of amides is 1. The lowest BCUT2D eigenvalue weighted by atomic mass is 9.91. The van der Waals surface area contributed by atoms with E-state index in [0.29, 0.717) is 17.9 Å². The fourth-order valence-corrected chi connectivity index (χ4v) is 2.39. The average molecular weight is 195 g/mol. The summed E-state index contributed by atoms with van der Waals surface area (Å²) in [5, 5.41) is 0. The van der Waals surface area contributed by atoms with E-state index < -0.39 is 0 Å². The van der Waals surface area contributed by atoms with Crippen LogP contribution in [0.1, 0.15) is 46.0 Å². The lowest BCUT2D eigenvalue weighted by Gasteiger charge is -2.38. The molecule has 2 nitrogen and oxygen atoms in total. The molecule has 2 unspecified atom stereocenters. The van der Waals surface area contributed by atoms with Crippen LogP contribution >= 0.6 is 0 Å². The molecule has 1 aliphatic carbocycles. The van der Waals surface area contributed by atoms with Gasteiger partial charge in [0.25, 0.3) is 0 Å². The Labute approximate surface area is 86.7 Å². The lowest BCUT2D eigenvalue weighted by molar-refractivity contribution is -0.137. The van der Waals surface area contributed by atoms with Gasteiger partial charge in [-0.15, -0.1) is 0 Å². The summed E-state index contributed by atoms with van der Waals surface area (Å²) in [5.74, 6) is 1.60. The quantitative estimate of drug-likeness (QED) is 0.662. The predicted molar refractivity (Wildman–Crippen MR) is 56.9 cm³/mol. The molecule has 0 aromatic rings. The third kappa shape index (κ3) is 1.94. The average Bonchev–Trinajstić information content (AvgIpc) is 3.01. The molecule has 14 heavy (non-hydrogen) atoms. The Morgan fingerprint density at radius 1 is 1.29 bits per heavy atom. The topological polar surface area (TPSA) is 20.3 Å². The summed E-state index contributed by atoms with van der Waals surface area (Å²) in [6.07, 6.45) is 6.02. The van der Waals surface area contributed by atoms with Crippen molar-refractivity contribution in [2.75, 3.05) is 6.54 Å². The summed E-state index contributed by atoms with van der Waals surface area (Å²) in [6, 6.07) is 0.492. The van der Waals surface area contributed by atoms with Gasteiger partial charge in [-0.25, -0.2) is 0 Å². The second kappa shape index (κ2) is 3.92. The summed E-state index contributed by atoms with van der Waals surface area (Å²) in [7, 11) is 0. The van der Waals surface area contributed by atoms with Gasteiger partial charge in [0.05, 0.1) is 0 Å². The monoisotopic (exact) mass is 195 g/mol. The van der Waals surface area contributed by atoms with E-state index >= 15 is 0 Å². The summed E-state index contributed by atoms with van der Waals surface area (Å²) < 4.78 is 0. The van der Waals surface area contributed by atoms with Crippen LogP contribution in [0, 0.1) is 11.8 Å². The highest BCUT2D eigenvalue weighted by molar-refractivity contribution is 5.81. The number of piperidine rings is 1. The molecule has 1 amide bonds. The molecule has 1 aliphatic heterocycles. The molecule has 0 spiro atoms. The molecule has 1 saturated carbocycles. The minimum Gasteiger partial charge on any atom is -0.339 e. The van der Waals surface area contributed by atoms with Crippen molar-refractivity contribution in [3.8, 4) is 0 Å². The van der Waals surface area contributed by atoms with Gasteiger partial charge < -0.3 is 4.90 Å². The molecule has 1 heterocycles. The van der Waals surface area contributed by atoms with Gasteiger partial charge in [-0.05, 0) is 38.5 Å². The van der Waals surface area contributed by atoms with Crippen LogP contribution in [0.25, 0.3) is 0 Å². The molecule has 1 saturated heterocycles. The van der Waals surface area contributed by atoms with Gasteiger partial charge in [0, 0.05) is 18.5 Å². The molecular weight excluding hydrogens is 174 g/mol. The van der Waals surface area contributed by atoms with Crippen molar-refractivity contribution in [2.45, 2.75) is 52.0 Å². The Balaban J connectivity index is 1.96. The van der Waals surface area contributed by atoms with E-state index in [1.165, 1.54) is 19.3 Å². The smallest absolute Gasteiger partial charge is 0.225 e. The Bertz CT molecular complexity index is 222. The fourth-order valence-electron chi connectivity index (χ4n) is 2.39. The zero-order chi connectivity index (χ0) is 10.1. The van der Waals surface area contributed by atoms with Crippen molar-refractivity contribution in [1.29, 1.82) is 0 Å². The first-order valence-corrected chi connectivity index (χ1v) is 6.02. The normalized spacial score (nSPS) is 33.1. The van der Waals surface area contributed by atoms with Crippen LogP contribution in [-0.2, 0) is 4.79 Å². The molecule has 2 fully saturated rings. The maximum Gasteiger partial charge on any atom is 0.225 e. The van der Waals surface area contributed by atoms with Gasteiger partial charge in [-0.1, -0.05) is 13.3 Å². The highest BCUT2D eigenvalue weighted by Crippen LogP contribution is 2.34. The lowest BCUT2D eigenvalue weighted by Crippen LogP contribution is -2.46. The van der Waals surface area contributed by atoms with Crippen molar-refractivity contribution in [2.24, 2.45) is 11.8 Å². The molecule has 0 aromatic carbocycles. The standard InChI is InChI=1S/C12H21NO/c1-3-10-5-4-9(2)13(8-10)12(14)11-6-7-11/h9-11H,3-8H2,1-2H3. The number of hydrogen-bond donors (Lipinski definition) is 0. The van der Waals surface area contributed by atoms with Crippen molar-refractivity contribution in [3.63, 3.8) is 0 Å². The third-order valence-corrected chi connectivity index (χ3v) is 3.77. The van der Waals surface area contributed by atoms with Crippen LogP contribution in [0.15, 0.2) is 0 Å². The van der Waals surface area contributed by atoms with Crippen LogP contribution in [-0.4, -0.2) is 23.4 Å². The molecule has 2 aliphatic rings. The van der Waals surface area contributed by atoms with Crippen molar-refractivity contribution in [1.82, 2.24) is 4.90 Å². The van der Waals surface area contributed by atoms with E-state index in [1.54, 1.807) is 0 Å². The first-order valence-electron chi connectivity index (χ1n) is 6.02. The molecule has 0 bridgehead atoms. The number of likely N-dealkylation sites (tertiary alicyclic amines) is 1. The summed E-state index contributed by atoms with van der Waals surface area (Å²) >= 11 is 0. The number of nitrogens with zero attached hydrogens (tertiary/aromatic N) is 1. The number of carbonyl (C=O) groups excluding carboxylic acids is 1. The first-order chi connectivity index (χ1) is 6.72. The summed E-state index contributed by atoms with van der Waals surface area (Å²) in [4.78, 5) is 14.1. The molecule has 0 N–H and O–H groups in total. The van der Waals surface area contributed by atoms with Crippen LogP contribution in [0.4, 0.5) is 0 Å². The largest absolute Gasteiger partial charge is 0.339 e. The van der Waals surface area contributed by atoms with Crippen LogP contribution in [0.2, 0.25) is 0 Å². The third-order valence-electron chi connectivity index (χ3n) is 3.77. The van der Waals surface area contributed by atoms with E-state index in [2.05, 4.69) is 18.7 Å². The van der Waals surface area contributed by atoms with Crippen molar-refractivity contribution >= 4 is 5.91 Å². The summed E-state index contributed by atoms with van der Waals surface area (Å²) in [5.41, 5.74) is 0. The second-order valence-corrected chi connectivity index (χ2v) is 4.97. The first kappa shape index (κ1) is 10.0. The zero-order valence-corrected chi connectivity index (χ0v) is 9.33. The molecule has 0 aromatic heterocycles. The van der Waals surface area contributed by atoms with Gasteiger partial charge in [0.2, 0.25) is 5.91 Å². The molecule has 2 atom stereocenters. The molecule has 80 valence electrons. The Kier molecular flexibility index (Phi) is 2.80. The second-order valence-electron chi connectivity index (χ2n) is 4.97. The van der Waals surface area contributed by atoms with E-state index in [-0.39, 0.29) is 0 Å². The molecule has 0 radical (unpaired) electrons. The van der Waals surface area contributed by atoms with Gasteiger partial charge in [-0.2, -0.15) is 0 Å². The maximum atomic E-state index is 12.0. The highest BCUT2D eigenvalue weighted by atomic mass is 16.2. The minimum absolute atomic E-state index is 0.396. The predicted octanol–water partition coefficient (Wildman–Crippen LogP) is 2.43. The zero-order valence-electron chi connectivity index (χ0n) is 9.33. The number of rotatable bonds is 2. The van der Waals surface area contributed by atoms with Crippen LogP contribution < -0.4 is 0 Å². The van der Waals surface area contributed by atoms with Gasteiger partial charge in [-0.3, -0.25) is 4.79 Å². The van der Waals surface area contributed by atoms with Gasteiger partial charge in [0.1, 0.15) is 0 Å². The van der Waals surface area contributed by atoms with E-state index in [9.17, 15) is 4.79 Å². The molecule has 2 rings (SSSR count). The number of carbonyl (C=O) groups is 1. The Morgan fingerprint density at radius 3 is 2.57 bits per heavy atom. The minimum atomic E-state index is 0.396. The molecular formula is C12H21NO. The Morgan fingerprint density at radius 2 is 2.00 bits per heavy atom. The maximum absolute atomic E-state index is 12.0. The van der Waals surface area contributed by atoms with Crippen molar-refractivity contribution in [3.05, 3.63) is 0 Å². The van der Waals surface area contributed by atoms with Gasteiger partial charge in [0.15, 0.2) is 0 Å². The van der Waals surface area contributed by atoms with Crippen molar-refractivity contribution < 1.29 is 4.79 Å². The fraction of sp³-hybridized carbons (Fsp3) is 0.917. The van der Waals surface area contributed by atoms with E-state index in [0.717, 1.165) is 25.3 Å². The highest BCUT2D eigenvalue weighted by Gasteiger charge is 2.37. The molecule has 2 heteroatoms. The van der Waals surface area contributed by atoms with E-state index in [4.69, 9.17) is 0 Å². The van der Waals surface area contributed by atoms with Crippen LogP contribution in [0.3, 0.4) is 0 Å². The van der Waals surface area contributed by atoms with Gasteiger partial charge >= 0.3 is 0 Å². The van der Waals surface area contributed by atoms with E-state index in [1.807, 2.05) is 0 Å². The Hall–Kier alpha value is -0.530. The van der Waals surface area contributed by atoms with Crippen LogP contribution in [0.5, 0.6) is 0 Å².